The maximum absolute atomic E-state index is 13.8. The molecule has 0 fully saturated rings. The zero-order chi connectivity index (χ0) is 30.2. The number of carbonyl (C=O) groups excluding carboxylic acids is 1. The van der Waals surface area contributed by atoms with E-state index in [-0.39, 0.29) is 11.1 Å². The van der Waals surface area contributed by atoms with Crippen molar-refractivity contribution < 1.29 is 27.4 Å². The second kappa shape index (κ2) is 17.0. The number of hydrogen-bond acceptors (Lipinski definition) is 6. The van der Waals surface area contributed by atoms with Crippen LogP contribution in [0, 0.1) is 23.7 Å². The van der Waals surface area contributed by atoms with E-state index in [9.17, 15) is 18.0 Å². The third-order valence-corrected chi connectivity index (χ3v) is 6.91. The SMILES string of the molecule is C=CC(=O)OCCCCCCOc1ccc(C#Cc2ccc(C#Cc3nnc(CCCCC)s3)c(C(F)(F)F)c2)cc1. The molecule has 0 spiro atoms. The first kappa shape index (κ1) is 32.4. The lowest BCUT2D eigenvalue weighted by Gasteiger charge is -2.09. The molecule has 0 amide bonds. The maximum Gasteiger partial charge on any atom is 0.417 e. The second-order valence-corrected chi connectivity index (χ2v) is 10.4. The molecule has 0 atom stereocenters. The lowest BCUT2D eigenvalue weighted by Crippen LogP contribution is -2.08. The van der Waals surface area contributed by atoms with Crippen molar-refractivity contribution in [1.82, 2.24) is 10.2 Å². The van der Waals surface area contributed by atoms with Gasteiger partial charge in [0.2, 0.25) is 0 Å². The van der Waals surface area contributed by atoms with Gasteiger partial charge < -0.3 is 9.47 Å². The van der Waals surface area contributed by atoms with Crippen LogP contribution in [0.4, 0.5) is 13.2 Å². The summed E-state index contributed by atoms with van der Waals surface area (Å²) in [6.45, 7) is 6.40. The number of aromatic nitrogens is 2. The van der Waals surface area contributed by atoms with Gasteiger partial charge in [-0.1, -0.05) is 55.4 Å². The van der Waals surface area contributed by atoms with E-state index >= 15 is 0 Å². The fourth-order valence-electron chi connectivity index (χ4n) is 3.78. The van der Waals surface area contributed by atoms with Gasteiger partial charge in [0.1, 0.15) is 10.8 Å². The Labute approximate surface area is 249 Å². The van der Waals surface area contributed by atoms with Gasteiger partial charge in [0.25, 0.3) is 0 Å². The van der Waals surface area contributed by atoms with Gasteiger partial charge in [-0.15, -0.1) is 10.2 Å². The van der Waals surface area contributed by atoms with Gasteiger partial charge in [0, 0.05) is 29.2 Å². The lowest BCUT2D eigenvalue weighted by molar-refractivity contribution is -0.138. The monoisotopic (exact) mass is 594 g/mol. The molecule has 1 heterocycles. The van der Waals surface area contributed by atoms with E-state index in [2.05, 4.69) is 47.4 Å². The second-order valence-electron chi connectivity index (χ2n) is 9.37. The Hall–Kier alpha value is -4.08. The fourth-order valence-corrected chi connectivity index (χ4v) is 4.51. The summed E-state index contributed by atoms with van der Waals surface area (Å²) in [6.07, 6.45) is 4.07. The van der Waals surface area contributed by atoms with E-state index in [0.29, 0.717) is 29.5 Å². The number of halogens is 3. The van der Waals surface area contributed by atoms with Crippen LogP contribution < -0.4 is 4.74 Å². The van der Waals surface area contributed by atoms with Crippen molar-refractivity contribution in [1.29, 1.82) is 0 Å². The van der Waals surface area contributed by atoms with Crippen LogP contribution in [0.15, 0.2) is 55.1 Å². The number of ether oxygens (including phenoxy) is 2. The Morgan fingerprint density at radius 1 is 0.905 bits per heavy atom. The summed E-state index contributed by atoms with van der Waals surface area (Å²) < 4.78 is 52.1. The van der Waals surface area contributed by atoms with Crippen LogP contribution in [0.25, 0.3) is 0 Å². The highest BCUT2D eigenvalue weighted by Crippen LogP contribution is 2.32. The number of benzene rings is 2. The first-order valence-corrected chi connectivity index (χ1v) is 14.7. The Morgan fingerprint density at radius 3 is 2.33 bits per heavy atom. The van der Waals surface area contributed by atoms with Gasteiger partial charge in [0.05, 0.1) is 18.8 Å². The molecule has 0 N–H and O–H groups in total. The van der Waals surface area contributed by atoms with Crippen LogP contribution in [0.3, 0.4) is 0 Å². The molecule has 0 unspecified atom stereocenters. The highest BCUT2D eigenvalue weighted by Gasteiger charge is 2.33. The molecule has 0 saturated carbocycles. The van der Waals surface area contributed by atoms with Crippen LogP contribution in [0.2, 0.25) is 0 Å². The molecular weight excluding hydrogens is 561 g/mol. The van der Waals surface area contributed by atoms with E-state index in [1.807, 2.05) is 0 Å². The number of esters is 1. The number of carbonyl (C=O) groups is 1. The molecule has 0 aliphatic heterocycles. The van der Waals surface area contributed by atoms with Crippen molar-refractivity contribution in [3.8, 4) is 29.4 Å². The Balaban J connectivity index is 1.55. The van der Waals surface area contributed by atoms with Crippen LogP contribution >= 0.6 is 11.3 Å². The maximum atomic E-state index is 13.8. The highest BCUT2D eigenvalue weighted by molar-refractivity contribution is 7.11. The average Bonchev–Trinajstić information content (AvgIpc) is 3.44. The molecule has 220 valence electrons. The van der Waals surface area contributed by atoms with E-state index < -0.39 is 17.7 Å². The van der Waals surface area contributed by atoms with E-state index in [0.717, 1.165) is 68.5 Å². The molecule has 2 aromatic carbocycles. The summed E-state index contributed by atoms with van der Waals surface area (Å²) >= 11 is 1.31. The predicted octanol–water partition coefficient (Wildman–Crippen LogP) is 7.76. The standard InChI is InChI=1S/C33H33F3N2O3S/c1-3-5-8-11-30-37-38-31(42-30)21-18-27-17-14-26(24-29(27)33(34,35)36)13-12-25-15-19-28(20-16-25)40-22-9-6-7-10-23-41-32(39)4-2/h4,14-17,19-20,24H,2-3,5-11,22-23H2,1H3. The number of alkyl halides is 3. The zero-order valence-corrected chi connectivity index (χ0v) is 24.4. The van der Waals surface area contributed by atoms with Gasteiger partial charge in [-0.05, 0) is 80.5 Å². The van der Waals surface area contributed by atoms with E-state index in [1.165, 1.54) is 23.5 Å². The first-order chi connectivity index (χ1) is 20.3. The van der Waals surface area contributed by atoms with Crippen molar-refractivity contribution in [3.05, 3.63) is 87.4 Å². The average molecular weight is 595 g/mol. The number of nitrogens with zero attached hydrogens (tertiary/aromatic N) is 2. The summed E-state index contributed by atoms with van der Waals surface area (Å²) in [4.78, 5) is 11.0. The van der Waals surface area contributed by atoms with Crippen LogP contribution in [-0.2, 0) is 22.1 Å². The van der Waals surface area contributed by atoms with Crippen LogP contribution in [-0.4, -0.2) is 29.4 Å². The molecule has 42 heavy (non-hydrogen) atoms. The third kappa shape index (κ3) is 11.4. The first-order valence-electron chi connectivity index (χ1n) is 13.9. The summed E-state index contributed by atoms with van der Waals surface area (Å²) in [5.41, 5.74) is -0.0779. The van der Waals surface area contributed by atoms with Gasteiger partial charge in [-0.3, -0.25) is 0 Å². The molecule has 9 heteroatoms. The highest BCUT2D eigenvalue weighted by atomic mass is 32.1. The Kier molecular flexibility index (Phi) is 13.1. The Morgan fingerprint density at radius 2 is 1.62 bits per heavy atom. The Bertz CT molecular complexity index is 1440. The van der Waals surface area contributed by atoms with Crippen LogP contribution in [0.1, 0.15) is 84.1 Å². The van der Waals surface area contributed by atoms with Crippen molar-refractivity contribution in [2.75, 3.05) is 13.2 Å². The van der Waals surface area contributed by atoms with Gasteiger partial charge >= 0.3 is 12.1 Å². The molecule has 3 aromatic rings. The molecule has 0 radical (unpaired) electrons. The van der Waals surface area contributed by atoms with Gasteiger partial charge in [-0.2, -0.15) is 13.2 Å². The molecule has 1 aromatic heterocycles. The minimum absolute atomic E-state index is 0.131. The molecule has 3 rings (SSSR count). The van der Waals surface area contributed by atoms with E-state index in [1.54, 1.807) is 24.3 Å². The minimum atomic E-state index is -4.58. The largest absolute Gasteiger partial charge is 0.494 e. The topological polar surface area (TPSA) is 61.3 Å². The molecule has 0 aliphatic rings. The molecule has 5 nitrogen and oxygen atoms in total. The number of hydrogen-bond donors (Lipinski definition) is 0. The smallest absolute Gasteiger partial charge is 0.417 e. The quantitative estimate of drug-likeness (QED) is 0.0876. The van der Waals surface area contributed by atoms with E-state index in [4.69, 9.17) is 9.47 Å². The number of unbranched alkanes of at least 4 members (excludes halogenated alkanes) is 5. The summed E-state index contributed by atoms with van der Waals surface area (Å²) in [6, 6.07) is 11.0. The fraction of sp³-hybridized carbons (Fsp3) is 0.364. The summed E-state index contributed by atoms with van der Waals surface area (Å²) in [7, 11) is 0. The van der Waals surface area contributed by atoms with Crippen LogP contribution in [0.5, 0.6) is 5.75 Å². The molecule has 0 saturated heterocycles. The van der Waals surface area contributed by atoms with Crippen molar-refractivity contribution in [3.63, 3.8) is 0 Å². The lowest BCUT2D eigenvalue weighted by atomic mass is 10.0. The summed E-state index contributed by atoms with van der Waals surface area (Å²) in [5, 5.41) is 9.32. The van der Waals surface area contributed by atoms with Crippen molar-refractivity contribution in [2.45, 2.75) is 64.5 Å². The normalized spacial score (nSPS) is 10.7. The van der Waals surface area contributed by atoms with Gasteiger partial charge in [-0.25, -0.2) is 4.79 Å². The number of aryl methyl sites for hydroxylation is 1. The van der Waals surface area contributed by atoms with Crippen molar-refractivity contribution in [2.24, 2.45) is 0 Å². The molecule has 0 aliphatic carbocycles. The molecular formula is C33H33F3N2O3S. The summed E-state index contributed by atoms with van der Waals surface area (Å²) in [5.74, 6) is 11.3. The zero-order valence-electron chi connectivity index (χ0n) is 23.6. The van der Waals surface area contributed by atoms with Crippen molar-refractivity contribution >= 4 is 17.3 Å². The third-order valence-electron chi connectivity index (χ3n) is 6.01. The minimum Gasteiger partial charge on any atom is -0.494 e. The molecule has 0 bridgehead atoms. The number of rotatable bonds is 13. The van der Waals surface area contributed by atoms with Gasteiger partial charge in [0.15, 0.2) is 5.01 Å². The predicted molar refractivity (Wildman–Crippen MR) is 158 cm³/mol.